The van der Waals surface area contributed by atoms with E-state index in [4.69, 9.17) is 5.11 Å². The fourth-order valence-corrected chi connectivity index (χ4v) is 1.64. The number of carboxylic acids is 1. The van der Waals surface area contributed by atoms with E-state index in [1.54, 1.807) is 6.92 Å². The zero-order chi connectivity index (χ0) is 16.1. The van der Waals surface area contributed by atoms with Gasteiger partial charge in [0, 0.05) is 6.04 Å². The minimum atomic E-state index is -5.01. The van der Waals surface area contributed by atoms with Crippen LogP contribution in [0.1, 0.15) is 40.5 Å². The van der Waals surface area contributed by atoms with Crippen molar-refractivity contribution in [1.29, 1.82) is 0 Å². The number of nitrogens with one attached hydrogen (secondary N) is 2. The predicted octanol–water partition coefficient (Wildman–Crippen LogP) is 1.67. The number of alkyl halides is 3. The molecule has 0 fully saturated rings. The van der Waals surface area contributed by atoms with Gasteiger partial charge in [-0.1, -0.05) is 13.3 Å². The molecule has 20 heavy (non-hydrogen) atoms. The number of amides is 1. The molecule has 0 rings (SSSR count). The van der Waals surface area contributed by atoms with Crippen LogP contribution in [0.25, 0.3) is 0 Å². The Bertz CT molecular complexity index is 360. The summed E-state index contributed by atoms with van der Waals surface area (Å²) in [5, 5.41) is 13.1. The zero-order valence-corrected chi connectivity index (χ0v) is 12.0. The number of aliphatic carboxylic acids is 1. The third kappa shape index (κ3) is 4.66. The highest BCUT2D eigenvalue weighted by Gasteiger charge is 2.58. The molecule has 3 atom stereocenters. The number of rotatable bonds is 7. The maximum absolute atomic E-state index is 12.8. The molecule has 5 nitrogen and oxygen atoms in total. The molecule has 0 spiro atoms. The molecule has 0 aliphatic heterocycles. The van der Waals surface area contributed by atoms with Crippen molar-refractivity contribution in [3.8, 4) is 0 Å². The monoisotopic (exact) mass is 298 g/mol. The van der Waals surface area contributed by atoms with Gasteiger partial charge in [-0.2, -0.15) is 13.2 Å². The number of carbonyl (C=O) groups is 2. The third-order valence-corrected chi connectivity index (χ3v) is 3.00. The molecule has 0 saturated heterocycles. The molecule has 3 N–H and O–H groups in total. The maximum Gasteiger partial charge on any atom is 0.417 e. The van der Waals surface area contributed by atoms with Crippen LogP contribution in [-0.2, 0) is 9.59 Å². The number of hydrogen-bond donors (Lipinski definition) is 3. The molecule has 8 heteroatoms. The van der Waals surface area contributed by atoms with E-state index in [-0.39, 0.29) is 6.04 Å². The van der Waals surface area contributed by atoms with Gasteiger partial charge >= 0.3 is 12.1 Å². The summed E-state index contributed by atoms with van der Waals surface area (Å²) >= 11 is 0. The van der Waals surface area contributed by atoms with Gasteiger partial charge in [-0.15, -0.1) is 0 Å². The molecule has 1 amide bonds. The summed E-state index contributed by atoms with van der Waals surface area (Å²) in [6.45, 7) is 5.33. The smallest absolute Gasteiger partial charge is 0.417 e. The summed E-state index contributed by atoms with van der Waals surface area (Å²) in [4.78, 5) is 22.6. The second-order valence-electron chi connectivity index (χ2n) is 4.99. The first-order valence-corrected chi connectivity index (χ1v) is 6.33. The van der Waals surface area contributed by atoms with Gasteiger partial charge in [-0.25, -0.2) is 4.79 Å². The molecule has 0 aliphatic rings. The van der Waals surface area contributed by atoms with Crippen LogP contribution in [0.3, 0.4) is 0 Å². The molecule has 3 unspecified atom stereocenters. The number of hydrogen-bond acceptors (Lipinski definition) is 3. The first kappa shape index (κ1) is 18.7. The van der Waals surface area contributed by atoms with Gasteiger partial charge in [0.2, 0.25) is 11.4 Å². The maximum atomic E-state index is 12.8. The Hall–Kier alpha value is -1.31. The van der Waals surface area contributed by atoms with E-state index in [0.717, 1.165) is 6.42 Å². The van der Waals surface area contributed by atoms with Crippen LogP contribution in [0, 0.1) is 0 Å². The van der Waals surface area contributed by atoms with Crippen LogP contribution in [0.5, 0.6) is 0 Å². The highest BCUT2D eigenvalue weighted by atomic mass is 19.4. The average molecular weight is 298 g/mol. The predicted molar refractivity (Wildman–Crippen MR) is 67.2 cm³/mol. The lowest BCUT2D eigenvalue weighted by molar-refractivity contribution is -0.207. The van der Waals surface area contributed by atoms with Gasteiger partial charge < -0.3 is 10.4 Å². The Balaban J connectivity index is 4.83. The Labute approximate surface area is 115 Å². The van der Waals surface area contributed by atoms with Crippen molar-refractivity contribution >= 4 is 11.9 Å². The van der Waals surface area contributed by atoms with Crippen LogP contribution >= 0.6 is 0 Å². The SMILES string of the molecule is CCCC(C)NC(=O)C(C)NC(C)(C(=O)O)C(F)(F)F. The van der Waals surface area contributed by atoms with Crippen LogP contribution in [0.2, 0.25) is 0 Å². The fourth-order valence-electron chi connectivity index (χ4n) is 1.64. The van der Waals surface area contributed by atoms with E-state index in [9.17, 15) is 22.8 Å². The van der Waals surface area contributed by atoms with Gasteiger partial charge in [0.25, 0.3) is 0 Å². The first-order valence-electron chi connectivity index (χ1n) is 6.33. The average Bonchev–Trinajstić information content (AvgIpc) is 2.26. The van der Waals surface area contributed by atoms with E-state index < -0.39 is 29.6 Å². The van der Waals surface area contributed by atoms with Gasteiger partial charge in [-0.3, -0.25) is 10.1 Å². The van der Waals surface area contributed by atoms with E-state index in [2.05, 4.69) is 5.32 Å². The minimum absolute atomic E-state index is 0.182. The topological polar surface area (TPSA) is 78.4 Å². The number of carboxylic acid groups (broad SMARTS) is 1. The zero-order valence-electron chi connectivity index (χ0n) is 12.0. The van der Waals surface area contributed by atoms with Gasteiger partial charge in [0.1, 0.15) is 0 Å². The summed E-state index contributed by atoms with van der Waals surface area (Å²) in [5.74, 6) is -2.74. The van der Waals surface area contributed by atoms with E-state index in [1.807, 2.05) is 12.2 Å². The third-order valence-electron chi connectivity index (χ3n) is 3.00. The minimum Gasteiger partial charge on any atom is -0.480 e. The molecule has 0 bridgehead atoms. The lowest BCUT2D eigenvalue weighted by atomic mass is 10.0. The molecule has 118 valence electrons. The first-order chi connectivity index (χ1) is 8.95. The molecular formula is C12H21F3N2O3. The standard InChI is InChI=1S/C12H21F3N2O3/c1-5-6-7(2)16-9(18)8(3)17-11(4,10(19)20)12(13,14)15/h7-8,17H,5-6H2,1-4H3,(H,16,18)(H,19,20). The largest absolute Gasteiger partial charge is 0.480 e. The van der Waals surface area contributed by atoms with Crippen molar-refractivity contribution in [2.75, 3.05) is 0 Å². The van der Waals surface area contributed by atoms with Crippen LogP contribution in [0.4, 0.5) is 13.2 Å². The van der Waals surface area contributed by atoms with Crippen molar-refractivity contribution in [3.05, 3.63) is 0 Å². The van der Waals surface area contributed by atoms with Gasteiger partial charge in [0.15, 0.2) is 0 Å². The van der Waals surface area contributed by atoms with Crippen molar-refractivity contribution in [2.24, 2.45) is 0 Å². The Morgan fingerprint density at radius 1 is 1.25 bits per heavy atom. The van der Waals surface area contributed by atoms with Crippen LogP contribution < -0.4 is 10.6 Å². The molecule has 0 aliphatic carbocycles. The van der Waals surface area contributed by atoms with Crippen LogP contribution in [0.15, 0.2) is 0 Å². The lowest BCUT2D eigenvalue weighted by Crippen LogP contribution is -2.64. The normalized spacial score (nSPS) is 17.9. The Kier molecular flexibility index (Phi) is 6.46. The van der Waals surface area contributed by atoms with Crippen molar-refractivity contribution in [2.45, 2.75) is 64.3 Å². The second-order valence-corrected chi connectivity index (χ2v) is 4.99. The van der Waals surface area contributed by atoms with Crippen molar-refractivity contribution < 1.29 is 27.9 Å². The fraction of sp³-hybridized carbons (Fsp3) is 0.833. The Morgan fingerprint density at radius 3 is 2.10 bits per heavy atom. The van der Waals surface area contributed by atoms with Gasteiger partial charge in [0.05, 0.1) is 6.04 Å². The molecular weight excluding hydrogens is 277 g/mol. The molecule has 0 aromatic rings. The molecule has 0 aromatic carbocycles. The Morgan fingerprint density at radius 2 is 1.75 bits per heavy atom. The molecule has 0 radical (unpaired) electrons. The summed E-state index contributed by atoms with van der Waals surface area (Å²) < 4.78 is 38.4. The molecule has 0 aromatic heterocycles. The van der Waals surface area contributed by atoms with Crippen molar-refractivity contribution in [3.63, 3.8) is 0 Å². The van der Waals surface area contributed by atoms with E-state index in [0.29, 0.717) is 13.3 Å². The van der Waals surface area contributed by atoms with E-state index >= 15 is 0 Å². The quantitative estimate of drug-likeness (QED) is 0.668. The lowest BCUT2D eigenvalue weighted by Gasteiger charge is -2.31. The summed E-state index contributed by atoms with van der Waals surface area (Å²) in [6, 6.07) is -1.46. The summed E-state index contributed by atoms with van der Waals surface area (Å²) in [6.07, 6.45) is -3.50. The summed E-state index contributed by atoms with van der Waals surface area (Å²) in [7, 11) is 0. The highest BCUT2D eigenvalue weighted by Crippen LogP contribution is 2.30. The summed E-state index contributed by atoms with van der Waals surface area (Å²) in [5.41, 5.74) is -3.17. The van der Waals surface area contributed by atoms with Crippen LogP contribution in [-0.4, -0.2) is 40.8 Å². The number of carbonyl (C=O) groups excluding carboxylic acids is 1. The van der Waals surface area contributed by atoms with E-state index in [1.165, 1.54) is 6.92 Å². The van der Waals surface area contributed by atoms with Crippen molar-refractivity contribution in [1.82, 2.24) is 10.6 Å². The van der Waals surface area contributed by atoms with Gasteiger partial charge in [-0.05, 0) is 27.2 Å². The molecule has 0 heterocycles. The second kappa shape index (κ2) is 6.92. The highest BCUT2D eigenvalue weighted by molar-refractivity contribution is 5.84. The molecule has 0 saturated carbocycles. The number of halogens is 3.